The summed E-state index contributed by atoms with van der Waals surface area (Å²) in [5.41, 5.74) is 0. The van der Waals surface area contributed by atoms with Gasteiger partial charge in [-0.05, 0) is 26.2 Å². The minimum Gasteiger partial charge on any atom is -0.478 e. The summed E-state index contributed by atoms with van der Waals surface area (Å²) in [6.45, 7) is 2.18. The van der Waals surface area contributed by atoms with E-state index in [4.69, 9.17) is 14.6 Å². The van der Waals surface area contributed by atoms with Gasteiger partial charge in [0.25, 0.3) is 0 Å². The Balaban J connectivity index is 2.10. The molecule has 4 atom stereocenters. The average Bonchev–Trinajstić information content (AvgIpc) is 2.33. The number of ether oxygens (including phenoxy) is 2. The Morgan fingerprint density at radius 3 is 2.79 bits per heavy atom. The van der Waals surface area contributed by atoms with E-state index < -0.39 is 24.5 Å². The van der Waals surface area contributed by atoms with E-state index in [1.807, 2.05) is 0 Å². The molecule has 19 heavy (non-hydrogen) atoms. The van der Waals surface area contributed by atoms with Crippen LogP contribution in [0.2, 0.25) is 0 Å². The van der Waals surface area contributed by atoms with Gasteiger partial charge in [-0.2, -0.15) is 0 Å². The van der Waals surface area contributed by atoms with Gasteiger partial charge in [0, 0.05) is 19.1 Å². The Morgan fingerprint density at radius 2 is 2.11 bits per heavy atom. The van der Waals surface area contributed by atoms with E-state index in [1.54, 1.807) is 13.0 Å². The first kappa shape index (κ1) is 16.1. The third kappa shape index (κ3) is 6.15. The zero-order chi connectivity index (χ0) is 14.3. The molecule has 1 aliphatic rings. The van der Waals surface area contributed by atoms with Crippen LogP contribution in [0, 0.1) is 0 Å². The molecule has 1 heterocycles. The number of aliphatic hydroxyl groups is 2. The van der Waals surface area contributed by atoms with Crippen LogP contribution in [0.1, 0.15) is 32.6 Å². The zero-order valence-corrected chi connectivity index (χ0v) is 11.1. The molecule has 1 rings (SSSR count). The number of carbonyl (C=O) groups is 1. The minimum atomic E-state index is -0.942. The largest absolute Gasteiger partial charge is 0.478 e. The highest BCUT2D eigenvalue weighted by atomic mass is 16.7. The molecular formula is C13H22O6. The summed E-state index contributed by atoms with van der Waals surface area (Å²) in [5.74, 6) is -0.942. The molecule has 0 aromatic carbocycles. The number of aliphatic hydroxyl groups excluding tert-OH is 2. The molecule has 0 aromatic rings. The van der Waals surface area contributed by atoms with Crippen molar-refractivity contribution in [2.75, 3.05) is 6.61 Å². The van der Waals surface area contributed by atoms with Gasteiger partial charge >= 0.3 is 5.97 Å². The van der Waals surface area contributed by atoms with Crippen LogP contribution in [0.25, 0.3) is 0 Å². The summed E-state index contributed by atoms with van der Waals surface area (Å²) in [5, 5.41) is 27.5. The summed E-state index contributed by atoms with van der Waals surface area (Å²) in [7, 11) is 0. The summed E-state index contributed by atoms with van der Waals surface area (Å²) in [4.78, 5) is 10.2. The van der Waals surface area contributed by atoms with Crippen LogP contribution in [0.5, 0.6) is 0 Å². The van der Waals surface area contributed by atoms with Crippen molar-refractivity contribution < 1.29 is 29.6 Å². The van der Waals surface area contributed by atoms with Crippen molar-refractivity contribution >= 4 is 5.97 Å². The van der Waals surface area contributed by atoms with Gasteiger partial charge in [0.1, 0.15) is 6.10 Å². The third-order valence-electron chi connectivity index (χ3n) is 3.00. The second-order valence-corrected chi connectivity index (χ2v) is 4.69. The fourth-order valence-corrected chi connectivity index (χ4v) is 1.84. The summed E-state index contributed by atoms with van der Waals surface area (Å²) >= 11 is 0. The zero-order valence-electron chi connectivity index (χ0n) is 11.1. The lowest BCUT2D eigenvalue weighted by Gasteiger charge is -2.35. The van der Waals surface area contributed by atoms with Gasteiger partial charge in [-0.15, -0.1) is 0 Å². The van der Waals surface area contributed by atoms with E-state index in [1.165, 1.54) is 0 Å². The Bertz CT molecular complexity index is 304. The van der Waals surface area contributed by atoms with Crippen LogP contribution in [-0.4, -0.2) is 52.5 Å². The Hall–Kier alpha value is -0.950. The van der Waals surface area contributed by atoms with E-state index in [-0.39, 0.29) is 12.5 Å². The van der Waals surface area contributed by atoms with Crippen molar-refractivity contribution in [3.05, 3.63) is 12.2 Å². The quantitative estimate of drug-likeness (QED) is 0.466. The smallest absolute Gasteiger partial charge is 0.327 e. The van der Waals surface area contributed by atoms with Crippen LogP contribution in [0.3, 0.4) is 0 Å². The minimum absolute atomic E-state index is 0.257. The molecule has 0 bridgehead atoms. The number of carboxylic acids is 1. The summed E-state index contributed by atoms with van der Waals surface area (Å²) < 4.78 is 10.8. The van der Waals surface area contributed by atoms with Gasteiger partial charge in [-0.1, -0.05) is 6.08 Å². The van der Waals surface area contributed by atoms with E-state index in [0.29, 0.717) is 13.0 Å². The average molecular weight is 274 g/mol. The Morgan fingerprint density at radius 1 is 1.37 bits per heavy atom. The Labute approximate surface area is 112 Å². The first-order chi connectivity index (χ1) is 9.00. The van der Waals surface area contributed by atoms with Gasteiger partial charge < -0.3 is 24.8 Å². The number of hydrogen-bond donors (Lipinski definition) is 3. The predicted octanol–water partition coefficient (Wildman–Crippen LogP) is 0.671. The fourth-order valence-electron chi connectivity index (χ4n) is 1.84. The van der Waals surface area contributed by atoms with E-state index in [0.717, 1.165) is 18.9 Å². The molecule has 0 amide bonds. The standard InChI is InChI=1S/C13H22O6/c1-9-10(14)8-11(15)13(19-9)18-7-5-3-2-4-6-12(16)17/h4,6,9-11,13-15H,2-3,5,7-8H2,1H3,(H,16,17)/b6-4+/t9-,10+,11+,13+/m0/s1. The molecule has 0 spiro atoms. The number of allylic oxidation sites excluding steroid dienone is 1. The SMILES string of the molecule is C[C@@H]1O[C@@H](OCCCC/C=C/C(=O)O)[C@H](O)C[C@H]1O. The fraction of sp³-hybridized carbons (Fsp3) is 0.769. The van der Waals surface area contributed by atoms with Crippen LogP contribution in [-0.2, 0) is 14.3 Å². The molecule has 0 aliphatic carbocycles. The normalized spacial score (nSPS) is 31.7. The lowest BCUT2D eigenvalue weighted by Crippen LogP contribution is -2.47. The molecule has 1 fully saturated rings. The van der Waals surface area contributed by atoms with E-state index in [9.17, 15) is 15.0 Å². The van der Waals surface area contributed by atoms with Crippen molar-refractivity contribution in [2.24, 2.45) is 0 Å². The Kier molecular flexibility index (Phi) is 7.01. The number of unbranched alkanes of at least 4 members (excludes halogenated alkanes) is 2. The van der Waals surface area contributed by atoms with E-state index in [2.05, 4.69) is 0 Å². The highest BCUT2D eigenvalue weighted by Gasteiger charge is 2.34. The van der Waals surface area contributed by atoms with E-state index >= 15 is 0 Å². The van der Waals surface area contributed by atoms with Gasteiger partial charge in [0.15, 0.2) is 6.29 Å². The lowest BCUT2D eigenvalue weighted by molar-refractivity contribution is -0.261. The molecule has 0 aromatic heterocycles. The maximum atomic E-state index is 10.2. The van der Waals surface area contributed by atoms with Crippen molar-refractivity contribution in [1.82, 2.24) is 0 Å². The lowest BCUT2D eigenvalue weighted by atomic mass is 10.0. The first-order valence-electron chi connectivity index (χ1n) is 6.53. The number of hydrogen-bond acceptors (Lipinski definition) is 5. The first-order valence-corrected chi connectivity index (χ1v) is 6.53. The molecule has 6 heteroatoms. The molecular weight excluding hydrogens is 252 g/mol. The molecule has 6 nitrogen and oxygen atoms in total. The van der Waals surface area contributed by atoms with Gasteiger partial charge in [0.2, 0.25) is 0 Å². The molecule has 0 radical (unpaired) electrons. The molecule has 1 saturated heterocycles. The van der Waals surface area contributed by atoms with Crippen molar-refractivity contribution in [3.8, 4) is 0 Å². The highest BCUT2D eigenvalue weighted by Crippen LogP contribution is 2.21. The monoisotopic (exact) mass is 274 g/mol. The second-order valence-electron chi connectivity index (χ2n) is 4.69. The van der Waals surface area contributed by atoms with Crippen LogP contribution in [0.15, 0.2) is 12.2 Å². The summed E-state index contributed by atoms with van der Waals surface area (Å²) in [6, 6.07) is 0. The molecule has 0 saturated carbocycles. The molecule has 110 valence electrons. The molecule has 0 unspecified atom stereocenters. The maximum absolute atomic E-state index is 10.2. The maximum Gasteiger partial charge on any atom is 0.327 e. The second kappa shape index (κ2) is 8.27. The number of aliphatic carboxylic acids is 1. The van der Waals surface area contributed by atoms with Gasteiger partial charge in [-0.25, -0.2) is 4.79 Å². The predicted molar refractivity (Wildman–Crippen MR) is 67.5 cm³/mol. The van der Waals surface area contributed by atoms with Gasteiger partial charge in [-0.3, -0.25) is 0 Å². The van der Waals surface area contributed by atoms with Gasteiger partial charge in [0.05, 0.1) is 12.2 Å². The van der Waals surface area contributed by atoms with Crippen molar-refractivity contribution in [2.45, 2.75) is 57.2 Å². The number of rotatable bonds is 7. The van der Waals surface area contributed by atoms with Crippen LogP contribution in [0.4, 0.5) is 0 Å². The molecule has 3 N–H and O–H groups in total. The van der Waals surface area contributed by atoms with Crippen LogP contribution >= 0.6 is 0 Å². The highest BCUT2D eigenvalue weighted by molar-refractivity contribution is 5.79. The molecule has 1 aliphatic heterocycles. The van der Waals surface area contributed by atoms with Crippen LogP contribution < -0.4 is 0 Å². The third-order valence-corrected chi connectivity index (χ3v) is 3.00. The topological polar surface area (TPSA) is 96.2 Å². The summed E-state index contributed by atoms with van der Waals surface area (Å²) in [6.07, 6.45) is 2.74. The van der Waals surface area contributed by atoms with Crippen molar-refractivity contribution in [1.29, 1.82) is 0 Å². The number of carboxylic acid groups (broad SMARTS) is 1. The van der Waals surface area contributed by atoms with Crippen molar-refractivity contribution in [3.63, 3.8) is 0 Å².